The maximum atomic E-state index is 12.3. The van der Waals surface area contributed by atoms with Crippen LogP contribution < -0.4 is 0 Å². The largest absolute Gasteiger partial charge is 0.369 e. The zero-order valence-electron chi connectivity index (χ0n) is 12.7. The molecule has 0 aliphatic heterocycles. The predicted molar refractivity (Wildman–Crippen MR) is 73.2 cm³/mol. The van der Waals surface area contributed by atoms with E-state index in [1.807, 2.05) is 13.8 Å². The summed E-state index contributed by atoms with van der Waals surface area (Å²) in [5, 5.41) is 0. The van der Waals surface area contributed by atoms with Crippen LogP contribution in [0.3, 0.4) is 0 Å². The van der Waals surface area contributed by atoms with Crippen LogP contribution >= 0.6 is 0 Å². The summed E-state index contributed by atoms with van der Waals surface area (Å²) in [7, 11) is 0. The van der Waals surface area contributed by atoms with Gasteiger partial charge in [-0.2, -0.15) is 0 Å². The second-order valence-electron chi connectivity index (χ2n) is 5.98. The molecule has 0 aromatic rings. The summed E-state index contributed by atoms with van der Waals surface area (Å²) in [6.45, 7) is 9.96. The van der Waals surface area contributed by atoms with Gasteiger partial charge in [-0.3, -0.25) is 0 Å². The van der Waals surface area contributed by atoms with Crippen molar-refractivity contribution in [1.29, 1.82) is 0 Å². The Balaban J connectivity index is 4.67. The first-order chi connectivity index (χ1) is 8.29. The van der Waals surface area contributed by atoms with Crippen molar-refractivity contribution in [3.8, 4) is 0 Å². The molecule has 0 N–H and O–H groups in total. The highest BCUT2D eigenvalue weighted by Gasteiger charge is 2.41. The number of hydrogen-bond acceptors (Lipinski definition) is 1. The van der Waals surface area contributed by atoms with Gasteiger partial charge in [0.25, 0.3) is 6.43 Å². The average Bonchev–Trinajstić information content (AvgIpc) is 2.31. The molecule has 0 amide bonds. The van der Waals surface area contributed by atoms with Gasteiger partial charge in [0.2, 0.25) is 0 Å². The lowest BCUT2D eigenvalue weighted by Crippen LogP contribution is -2.44. The Morgan fingerprint density at radius 1 is 0.944 bits per heavy atom. The molecule has 0 aromatic carbocycles. The van der Waals surface area contributed by atoms with Gasteiger partial charge in [-0.15, -0.1) is 0 Å². The maximum absolute atomic E-state index is 12.3. The Kier molecular flexibility index (Phi) is 8.00. The molecule has 3 heteroatoms. The van der Waals surface area contributed by atoms with Crippen LogP contribution in [0.25, 0.3) is 0 Å². The van der Waals surface area contributed by atoms with Gasteiger partial charge in [-0.1, -0.05) is 46.5 Å². The van der Waals surface area contributed by atoms with Gasteiger partial charge in [-0.05, 0) is 32.1 Å². The molecule has 0 aromatic heterocycles. The van der Waals surface area contributed by atoms with Crippen LogP contribution in [0.4, 0.5) is 8.78 Å². The molecule has 0 bridgehead atoms. The van der Waals surface area contributed by atoms with Crippen LogP contribution in [0.5, 0.6) is 0 Å². The fourth-order valence-corrected chi connectivity index (χ4v) is 2.31. The fourth-order valence-electron chi connectivity index (χ4n) is 2.31. The molecule has 18 heavy (non-hydrogen) atoms. The van der Waals surface area contributed by atoms with E-state index in [9.17, 15) is 8.78 Å². The summed E-state index contributed by atoms with van der Waals surface area (Å²) in [4.78, 5) is 0. The van der Waals surface area contributed by atoms with Crippen LogP contribution in [-0.4, -0.2) is 18.6 Å². The van der Waals surface area contributed by atoms with Crippen LogP contribution in [0.1, 0.15) is 73.1 Å². The lowest BCUT2D eigenvalue weighted by Gasteiger charge is -2.44. The van der Waals surface area contributed by atoms with E-state index in [-0.39, 0.29) is 5.41 Å². The highest BCUT2D eigenvalue weighted by molar-refractivity contribution is 4.91. The van der Waals surface area contributed by atoms with Crippen LogP contribution in [0, 0.1) is 5.41 Å². The third-order valence-electron chi connectivity index (χ3n) is 4.19. The number of rotatable bonds is 10. The second-order valence-corrected chi connectivity index (χ2v) is 5.98. The minimum Gasteiger partial charge on any atom is -0.369 e. The van der Waals surface area contributed by atoms with Crippen molar-refractivity contribution in [2.45, 2.75) is 85.2 Å². The Bertz CT molecular complexity index is 207. The first kappa shape index (κ1) is 17.8. The Morgan fingerprint density at radius 2 is 1.39 bits per heavy atom. The van der Waals surface area contributed by atoms with Crippen molar-refractivity contribution in [3.63, 3.8) is 0 Å². The highest BCUT2D eigenvalue weighted by Crippen LogP contribution is 2.43. The summed E-state index contributed by atoms with van der Waals surface area (Å²) in [5.74, 6) is 0. The molecule has 0 saturated carbocycles. The standard InChI is InChI=1S/C15H30F2O/c1-6-8-10-15(5,11-9-7-2)14(3,4)18-12-13(16)17/h13H,6-12H2,1-5H3. The van der Waals surface area contributed by atoms with Crippen molar-refractivity contribution in [1.82, 2.24) is 0 Å². The molecule has 0 radical (unpaired) electrons. The van der Waals surface area contributed by atoms with Gasteiger partial charge in [0, 0.05) is 0 Å². The van der Waals surface area contributed by atoms with E-state index in [0.717, 1.165) is 38.5 Å². The van der Waals surface area contributed by atoms with Crippen LogP contribution in [0.2, 0.25) is 0 Å². The lowest BCUT2D eigenvalue weighted by molar-refractivity contribution is -0.139. The van der Waals surface area contributed by atoms with Crippen molar-refractivity contribution in [2.24, 2.45) is 5.41 Å². The first-order valence-electron chi connectivity index (χ1n) is 7.21. The number of halogens is 2. The number of ether oxygens (including phenoxy) is 1. The molecule has 0 fully saturated rings. The molecule has 0 atom stereocenters. The summed E-state index contributed by atoms with van der Waals surface area (Å²) in [6, 6.07) is 0. The lowest BCUT2D eigenvalue weighted by atomic mass is 9.68. The van der Waals surface area contributed by atoms with Gasteiger partial charge >= 0.3 is 0 Å². The van der Waals surface area contributed by atoms with Crippen molar-refractivity contribution in [3.05, 3.63) is 0 Å². The SMILES string of the molecule is CCCCC(C)(CCCC)C(C)(C)OCC(F)F. The Hall–Kier alpha value is -0.180. The minimum absolute atomic E-state index is 0.0199. The molecule has 1 nitrogen and oxygen atoms in total. The Labute approximate surface area is 111 Å². The van der Waals surface area contributed by atoms with Crippen LogP contribution in [0.15, 0.2) is 0 Å². The van der Waals surface area contributed by atoms with Gasteiger partial charge in [0.1, 0.15) is 6.61 Å². The van der Waals surface area contributed by atoms with Crippen molar-refractivity contribution < 1.29 is 13.5 Å². The van der Waals surface area contributed by atoms with Gasteiger partial charge < -0.3 is 4.74 Å². The van der Waals surface area contributed by atoms with Crippen LogP contribution in [-0.2, 0) is 4.74 Å². The Morgan fingerprint density at radius 3 is 1.72 bits per heavy atom. The van der Waals surface area contributed by atoms with Crippen molar-refractivity contribution in [2.75, 3.05) is 6.61 Å². The molecule has 0 spiro atoms. The smallest absolute Gasteiger partial charge is 0.261 e. The van der Waals surface area contributed by atoms with Crippen molar-refractivity contribution >= 4 is 0 Å². The van der Waals surface area contributed by atoms with E-state index in [1.54, 1.807) is 0 Å². The topological polar surface area (TPSA) is 9.23 Å². The molecule has 0 saturated heterocycles. The fraction of sp³-hybridized carbons (Fsp3) is 1.00. The third-order valence-corrected chi connectivity index (χ3v) is 4.19. The normalized spacial score (nSPS) is 13.3. The predicted octanol–water partition coefficient (Wildman–Crippen LogP) is 5.43. The van der Waals surface area contributed by atoms with E-state index >= 15 is 0 Å². The number of unbranched alkanes of at least 4 members (excludes halogenated alkanes) is 2. The molecule has 0 unspecified atom stereocenters. The number of alkyl halides is 2. The van der Waals surface area contributed by atoms with E-state index in [2.05, 4.69) is 20.8 Å². The summed E-state index contributed by atoms with van der Waals surface area (Å²) < 4.78 is 30.2. The molecular formula is C15H30F2O. The molecule has 0 heterocycles. The van der Waals surface area contributed by atoms with Gasteiger partial charge in [0.05, 0.1) is 5.60 Å². The highest BCUT2D eigenvalue weighted by atomic mass is 19.3. The molecule has 0 rings (SSSR count). The maximum Gasteiger partial charge on any atom is 0.261 e. The number of hydrogen-bond donors (Lipinski definition) is 0. The minimum atomic E-state index is -2.38. The van der Waals surface area contributed by atoms with Gasteiger partial charge in [-0.25, -0.2) is 8.78 Å². The third kappa shape index (κ3) is 5.64. The quantitative estimate of drug-likeness (QED) is 0.511. The molecular weight excluding hydrogens is 234 g/mol. The summed E-state index contributed by atoms with van der Waals surface area (Å²) in [5.41, 5.74) is -0.512. The zero-order chi connectivity index (χ0) is 14.2. The molecule has 110 valence electrons. The second kappa shape index (κ2) is 8.08. The van der Waals surface area contributed by atoms with E-state index in [1.165, 1.54) is 0 Å². The average molecular weight is 264 g/mol. The zero-order valence-corrected chi connectivity index (χ0v) is 12.7. The monoisotopic (exact) mass is 264 g/mol. The first-order valence-corrected chi connectivity index (χ1v) is 7.21. The van der Waals surface area contributed by atoms with E-state index in [0.29, 0.717) is 0 Å². The summed E-state index contributed by atoms with van der Waals surface area (Å²) >= 11 is 0. The molecule has 0 aliphatic rings. The van der Waals surface area contributed by atoms with E-state index in [4.69, 9.17) is 4.74 Å². The van der Waals surface area contributed by atoms with E-state index < -0.39 is 18.6 Å². The summed E-state index contributed by atoms with van der Waals surface area (Å²) in [6.07, 6.45) is 4.22. The van der Waals surface area contributed by atoms with Gasteiger partial charge in [0.15, 0.2) is 0 Å². The molecule has 0 aliphatic carbocycles.